The normalized spacial score (nSPS) is 13.8. The lowest BCUT2D eigenvalue weighted by Gasteiger charge is -2.17. The molecule has 4 N–H and O–H groups in total. The number of hydrogen-bond acceptors (Lipinski definition) is 4. The zero-order valence-electron chi connectivity index (χ0n) is 11.4. The minimum absolute atomic E-state index is 0.0504. The molecule has 0 saturated carbocycles. The van der Waals surface area contributed by atoms with Crippen LogP contribution in [0.25, 0.3) is 0 Å². The number of carbonyl (C=O) groups excluding carboxylic acids is 1. The number of nitrogens with one attached hydrogen (secondary N) is 1. The van der Waals surface area contributed by atoms with Gasteiger partial charge >= 0.3 is 0 Å². The Balaban J connectivity index is 2.26. The van der Waals surface area contributed by atoms with Gasteiger partial charge in [0.25, 0.3) is 0 Å². The number of aliphatic hydroxyl groups is 1. The van der Waals surface area contributed by atoms with Crippen molar-refractivity contribution in [3.63, 3.8) is 0 Å². The summed E-state index contributed by atoms with van der Waals surface area (Å²) >= 11 is 0. The van der Waals surface area contributed by atoms with E-state index in [9.17, 15) is 9.90 Å². The lowest BCUT2D eigenvalue weighted by atomic mass is 10.2. The van der Waals surface area contributed by atoms with Gasteiger partial charge in [0.2, 0.25) is 5.91 Å². The summed E-state index contributed by atoms with van der Waals surface area (Å²) in [5.41, 5.74) is 6.12. The lowest BCUT2D eigenvalue weighted by molar-refractivity contribution is -0.118. The van der Waals surface area contributed by atoms with Gasteiger partial charge in [-0.2, -0.15) is 0 Å². The van der Waals surface area contributed by atoms with Crippen LogP contribution in [0.1, 0.15) is 18.9 Å². The molecule has 2 atom stereocenters. The Kier molecular flexibility index (Phi) is 6.32. The Bertz CT molecular complexity index is 409. The molecule has 1 aromatic carbocycles. The lowest BCUT2D eigenvalue weighted by Crippen LogP contribution is -2.38. The van der Waals surface area contributed by atoms with Gasteiger partial charge in [-0.15, -0.1) is 0 Å². The van der Waals surface area contributed by atoms with Crippen molar-refractivity contribution in [1.82, 2.24) is 5.32 Å². The van der Waals surface area contributed by atoms with Crippen LogP contribution in [0.3, 0.4) is 0 Å². The first-order valence-electron chi connectivity index (χ1n) is 6.37. The Morgan fingerprint density at radius 2 is 2.16 bits per heavy atom. The van der Waals surface area contributed by atoms with Crippen LogP contribution >= 0.6 is 0 Å². The van der Waals surface area contributed by atoms with Gasteiger partial charge in [0.05, 0.1) is 0 Å². The summed E-state index contributed by atoms with van der Waals surface area (Å²) in [5.74, 6) is 0.414. The van der Waals surface area contributed by atoms with E-state index in [1.54, 1.807) is 0 Å². The first-order valence-corrected chi connectivity index (χ1v) is 6.37. The van der Waals surface area contributed by atoms with E-state index in [4.69, 9.17) is 10.5 Å². The second-order valence-electron chi connectivity index (χ2n) is 4.71. The van der Waals surface area contributed by atoms with E-state index >= 15 is 0 Å². The summed E-state index contributed by atoms with van der Waals surface area (Å²) in [6.45, 7) is 4.37. The van der Waals surface area contributed by atoms with Gasteiger partial charge in [-0.05, 0) is 25.5 Å². The molecule has 0 spiro atoms. The molecule has 0 bridgehead atoms. The van der Waals surface area contributed by atoms with Crippen molar-refractivity contribution in [2.45, 2.75) is 32.4 Å². The van der Waals surface area contributed by atoms with Crippen molar-refractivity contribution in [1.29, 1.82) is 0 Å². The molecule has 1 aromatic rings. The summed E-state index contributed by atoms with van der Waals surface area (Å²) < 4.78 is 5.53. The molecule has 1 amide bonds. The molecule has 0 aliphatic carbocycles. The number of ether oxygens (including phenoxy) is 1. The van der Waals surface area contributed by atoms with Crippen LogP contribution < -0.4 is 15.8 Å². The maximum Gasteiger partial charge on any atom is 0.218 e. The fraction of sp³-hybridized carbons (Fsp3) is 0.500. The van der Waals surface area contributed by atoms with Gasteiger partial charge in [0.1, 0.15) is 18.5 Å². The predicted molar refractivity (Wildman–Crippen MR) is 74.0 cm³/mol. The highest BCUT2D eigenvalue weighted by molar-refractivity contribution is 5.74. The monoisotopic (exact) mass is 266 g/mol. The van der Waals surface area contributed by atoms with Crippen LogP contribution in [-0.2, 0) is 4.79 Å². The smallest absolute Gasteiger partial charge is 0.218 e. The summed E-state index contributed by atoms with van der Waals surface area (Å²) in [6, 6.07) is 7.60. The molecule has 1 rings (SSSR count). The Morgan fingerprint density at radius 3 is 2.79 bits per heavy atom. The second-order valence-corrected chi connectivity index (χ2v) is 4.71. The van der Waals surface area contributed by atoms with Gasteiger partial charge in [-0.1, -0.05) is 18.2 Å². The number of para-hydroxylation sites is 1. The molecule has 2 unspecified atom stereocenters. The number of amides is 1. The topological polar surface area (TPSA) is 84.6 Å². The predicted octanol–water partition coefficient (Wildman–Crippen LogP) is 0.588. The van der Waals surface area contributed by atoms with E-state index in [0.29, 0.717) is 6.54 Å². The number of aryl methyl sites for hydroxylation is 1. The van der Waals surface area contributed by atoms with Gasteiger partial charge < -0.3 is 20.9 Å². The third-order valence-electron chi connectivity index (χ3n) is 2.73. The highest BCUT2D eigenvalue weighted by Crippen LogP contribution is 2.16. The van der Waals surface area contributed by atoms with Crippen LogP contribution in [0.15, 0.2) is 24.3 Å². The quantitative estimate of drug-likeness (QED) is 0.643. The molecule has 0 aliphatic rings. The van der Waals surface area contributed by atoms with Gasteiger partial charge in [-0.3, -0.25) is 4.79 Å². The second kappa shape index (κ2) is 7.76. The van der Waals surface area contributed by atoms with Crippen LogP contribution in [0.2, 0.25) is 0 Å². The third-order valence-corrected chi connectivity index (χ3v) is 2.73. The minimum atomic E-state index is -0.630. The maximum atomic E-state index is 10.7. The zero-order valence-corrected chi connectivity index (χ0v) is 11.4. The molecule has 0 aromatic heterocycles. The standard InChI is InChI=1S/C14H22N2O3/c1-10-5-3-4-6-13(10)19-9-12(17)8-16-11(2)7-14(15)18/h3-6,11-12,16-17H,7-9H2,1-2H3,(H2,15,18). The molecule has 106 valence electrons. The number of nitrogens with two attached hydrogens (primary N) is 1. The average molecular weight is 266 g/mol. The number of benzene rings is 1. The highest BCUT2D eigenvalue weighted by atomic mass is 16.5. The number of rotatable bonds is 8. The van der Waals surface area contributed by atoms with Crippen molar-refractivity contribution in [3.8, 4) is 5.75 Å². The molecule has 0 saturated heterocycles. The molecule has 0 fully saturated rings. The van der Waals surface area contributed by atoms with E-state index in [0.717, 1.165) is 11.3 Å². The average Bonchev–Trinajstić information content (AvgIpc) is 2.34. The maximum absolute atomic E-state index is 10.7. The van der Waals surface area contributed by atoms with Crippen molar-refractivity contribution < 1.29 is 14.6 Å². The van der Waals surface area contributed by atoms with Gasteiger partial charge in [0.15, 0.2) is 0 Å². The van der Waals surface area contributed by atoms with E-state index < -0.39 is 6.10 Å². The summed E-state index contributed by atoms with van der Waals surface area (Å²) in [6.07, 6.45) is -0.374. The highest BCUT2D eigenvalue weighted by Gasteiger charge is 2.10. The third kappa shape index (κ3) is 6.22. The fourth-order valence-electron chi connectivity index (χ4n) is 1.67. The molecule has 5 nitrogen and oxygen atoms in total. The molecule has 19 heavy (non-hydrogen) atoms. The number of primary amides is 1. The first-order chi connectivity index (χ1) is 8.99. The minimum Gasteiger partial charge on any atom is -0.491 e. The van der Waals surface area contributed by atoms with Crippen molar-refractivity contribution in [2.24, 2.45) is 5.73 Å². The van der Waals surface area contributed by atoms with E-state index in [1.165, 1.54) is 0 Å². The van der Waals surface area contributed by atoms with Gasteiger partial charge in [0, 0.05) is 19.0 Å². The number of aliphatic hydroxyl groups excluding tert-OH is 1. The van der Waals surface area contributed by atoms with Crippen molar-refractivity contribution in [2.75, 3.05) is 13.2 Å². The van der Waals surface area contributed by atoms with E-state index in [2.05, 4.69) is 5.32 Å². The van der Waals surface area contributed by atoms with Gasteiger partial charge in [-0.25, -0.2) is 0 Å². The summed E-state index contributed by atoms with van der Waals surface area (Å²) in [7, 11) is 0. The van der Waals surface area contributed by atoms with Crippen molar-refractivity contribution in [3.05, 3.63) is 29.8 Å². The summed E-state index contributed by atoms with van der Waals surface area (Å²) in [5, 5.41) is 12.8. The molecule has 0 radical (unpaired) electrons. The fourth-order valence-corrected chi connectivity index (χ4v) is 1.67. The molecule has 0 aliphatic heterocycles. The van der Waals surface area contributed by atoms with Crippen molar-refractivity contribution >= 4 is 5.91 Å². The Labute approximate surface area is 113 Å². The SMILES string of the molecule is Cc1ccccc1OCC(O)CNC(C)CC(N)=O. The van der Waals surface area contributed by atoms with Crippen LogP contribution in [0, 0.1) is 6.92 Å². The van der Waals surface area contributed by atoms with Crippen LogP contribution in [0.4, 0.5) is 0 Å². The summed E-state index contributed by atoms with van der Waals surface area (Å²) in [4.78, 5) is 10.7. The Hall–Kier alpha value is -1.59. The van der Waals surface area contributed by atoms with E-state index in [1.807, 2.05) is 38.1 Å². The van der Waals surface area contributed by atoms with E-state index in [-0.39, 0.29) is 25.0 Å². The number of carbonyl (C=O) groups is 1. The number of hydrogen-bond donors (Lipinski definition) is 3. The molecule has 0 heterocycles. The Morgan fingerprint density at radius 1 is 1.47 bits per heavy atom. The molecule has 5 heteroatoms. The first kappa shape index (κ1) is 15.5. The van der Waals surface area contributed by atoms with Crippen LogP contribution in [0.5, 0.6) is 5.75 Å². The molecular weight excluding hydrogens is 244 g/mol. The van der Waals surface area contributed by atoms with Crippen LogP contribution in [-0.4, -0.2) is 36.3 Å². The molecular formula is C14H22N2O3. The largest absolute Gasteiger partial charge is 0.491 e. The zero-order chi connectivity index (χ0) is 14.3.